The van der Waals surface area contributed by atoms with E-state index in [0.29, 0.717) is 11.8 Å². The predicted molar refractivity (Wildman–Crippen MR) is 85.0 cm³/mol. The van der Waals surface area contributed by atoms with E-state index < -0.39 is 0 Å². The van der Waals surface area contributed by atoms with Gasteiger partial charge in [0.15, 0.2) is 0 Å². The summed E-state index contributed by atoms with van der Waals surface area (Å²) < 4.78 is 11.9. The number of ether oxygens (including phenoxy) is 2. The quantitative estimate of drug-likeness (QED) is 0.625. The van der Waals surface area contributed by atoms with Gasteiger partial charge in [-0.2, -0.15) is 0 Å². The molecule has 1 heterocycles. The van der Waals surface area contributed by atoms with Crippen LogP contribution in [0.4, 0.5) is 0 Å². The third kappa shape index (κ3) is 3.39. The standard InChI is InChI=1S/C17H28N2O2/c1-5-10-20-15-9-7-6-8-14(15)17(19-18)16-11(2)12(3)21-13(16)4/h6-9,11-13,16-17,19H,5,10,18H2,1-4H3. The average Bonchev–Trinajstić information content (AvgIpc) is 2.73. The van der Waals surface area contributed by atoms with E-state index in [9.17, 15) is 0 Å². The summed E-state index contributed by atoms with van der Waals surface area (Å²) >= 11 is 0. The van der Waals surface area contributed by atoms with Crippen molar-refractivity contribution in [2.45, 2.75) is 52.4 Å². The van der Waals surface area contributed by atoms with Crippen molar-refractivity contribution in [3.8, 4) is 5.75 Å². The molecule has 5 unspecified atom stereocenters. The number of benzene rings is 1. The lowest BCUT2D eigenvalue weighted by Gasteiger charge is -2.30. The number of hydrogen-bond acceptors (Lipinski definition) is 4. The Hall–Kier alpha value is -1.10. The summed E-state index contributed by atoms with van der Waals surface area (Å²) in [4.78, 5) is 0. The van der Waals surface area contributed by atoms with Crippen LogP contribution in [-0.2, 0) is 4.74 Å². The fraction of sp³-hybridized carbons (Fsp3) is 0.647. The molecule has 1 aliphatic heterocycles. The normalized spacial score (nSPS) is 30.3. The van der Waals surface area contributed by atoms with Gasteiger partial charge in [-0.15, -0.1) is 0 Å². The molecular weight excluding hydrogens is 264 g/mol. The van der Waals surface area contributed by atoms with Crippen molar-refractivity contribution in [2.75, 3.05) is 6.61 Å². The maximum absolute atomic E-state index is 5.97. The minimum atomic E-state index is 0.0352. The van der Waals surface area contributed by atoms with Gasteiger partial charge in [0.2, 0.25) is 0 Å². The molecule has 0 saturated carbocycles. The van der Waals surface area contributed by atoms with E-state index in [4.69, 9.17) is 15.3 Å². The van der Waals surface area contributed by atoms with Gasteiger partial charge in [-0.25, -0.2) is 0 Å². The van der Waals surface area contributed by atoms with Crippen molar-refractivity contribution in [2.24, 2.45) is 17.7 Å². The van der Waals surface area contributed by atoms with Crippen LogP contribution in [0.2, 0.25) is 0 Å². The van der Waals surface area contributed by atoms with Gasteiger partial charge in [-0.3, -0.25) is 11.3 Å². The Morgan fingerprint density at radius 3 is 2.52 bits per heavy atom. The average molecular weight is 292 g/mol. The first-order valence-electron chi connectivity index (χ1n) is 7.93. The van der Waals surface area contributed by atoms with Crippen LogP contribution < -0.4 is 16.0 Å². The van der Waals surface area contributed by atoms with Crippen LogP contribution in [0.5, 0.6) is 5.75 Å². The Labute approximate surface area is 128 Å². The maximum Gasteiger partial charge on any atom is 0.124 e. The van der Waals surface area contributed by atoms with Gasteiger partial charge in [-0.1, -0.05) is 32.0 Å². The molecule has 0 bridgehead atoms. The summed E-state index contributed by atoms with van der Waals surface area (Å²) in [6.45, 7) is 9.33. The van der Waals surface area contributed by atoms with Crippen LogP contribution in [0.25, 0.3) is 0 Å². The van der Waals surface area contributed by atoms with Gasteiger partial charge in [0, 0.05) is 11.5 Å². The Kier molecular flexibility index (Phi) is 5.62. The number of para-hydroxylation sites is 1. The third-order valence-electron chi connectivity index (χ3n) is 4.60. The molecule has 0 aliphatic carbocycles. The van der Waals surface area contributed by atoms with E-state index in [2.05, 4.69) is 39.2 Å². The minimum absolute atomic E-state index is 0.0352. The SMILES string of the molecule is CCCOc1ccccc1C(NN)C1C(C)OC(C)C1C. The van der Waals surface area contributed by atoms with Crippen LogP contribution in [-0.4, -0.2) is 18.8 Å². The van der Waals surface area contributed by atoms with Gasteiger partial charge in [0.05, 0.1) is 24.9 Å². The smallest absolute Gasteiger partial charge is 0.124 e. The fourth-order valence-corrected chi connectivity index (χ4v) is 3.36. The highest BCUT2D eigenvalue weighted by Crippen LogP contribution is 2.42. The second kappa shape index (κ2) is 7.25. The molecular formula is C17H28N2O2. The molecule has 2 rings (SSSR count). The number of hydrogen-bond donors (Lipinski definition) is 2. The topological polar surface area (TPSA) is 56.5 Å². The van der Waals surface area contributed by atoms with Crippen LogP contribution in [0, 0.1) is 11.8 Å². The zero-order chi connectivity index (χ0) is 15.4. The molecule has 1 aliphatic rings. The zero-order valence-electron chi connectivity index (χ0n) is 13.5. The Morgan fingerprint density at radius 2 is 1.95 bits per heavy atom. The third-order valence-corrected chi connectivity index (χ3v) is 4.60. The highest BCUT2D eigenvalue weighted by molar-refractivity contribution is 5.36. The number of nitrogens with one attached hydrogen (secondary N) is 1. The highest BCUT2D eigenvalue weighted by atomic mass is 16.5. The predicted octanol–water partition coefficient (Wildman–Crippen LogP) is 3.04. The summed E-state index contributed by atoms with van der Waals surface area (Å²) in [5, 5.41) is 0. The Bertz CT molecular complexity index is 452. The van der Waals surface area contributed by atoms with E-state index in [1.54, 1.807) is 0 Å². The molecule has 3 N–H and O–H groups in total. The lowest BCUT2D eigenvalue weighted by atomic mass is 9.80. The minimum Gasteiger partial charge on any atom is -0.493 e. The van der Waals surface area contributed by atoms with Crippen LogP contribution in [0.3, 0.4) is 0 Å². The molecule has 1 aromatic rings. The van der Waals surface area contributed by atoms with Crippen molar-refractivity contribution >= 4 is 0 Å². The second-order valence-corrected chi connectivity index (χ2v) is 6.01. The van der Waals surface area contributed by atoms with Gasteiger partial charge >= 0.3 is 0 Å². The van der Waals surface area contributed by atoms with Crippen molar-refractivity contribution in [1.29, 1.82) is 0 Å². The molecule has 0 radical (unpaired) electrons. The van der Waals surface area contributed by atoms with Gasteiger partial charge in [0.25, 0.3) is 0 Å². The number of rotatable bonds is 6. The van der Waals surface area contributed by atoms with Crippen molar-refractivity contribution in [3.05, 3.63) is 29.8 Å². The molecule has 0 aromatic heterocycles. The Morgan fingerprint density at radius 1 is 1.24 bits per heavy atom. The summed E-state index contributed by atoms with van der Waals surface area (Å²) in [6, 6.07) is 8.19. The second-order valence-electron chi connectivity index (χ2n) is 6.01. The lowest BCUT2D eigenvalue weighted by Crippen LogP contribution is -2.38. The van der Waals surface area contributed by atoms with Crippen molar-refractivity contribution in [3.63, 3.8) is 0 Å². The van der Waals surface area contributed by atoms with Crippen molar-refractivity contribution < 1.29 is 9.47 Å². The van der Waals surface area contributed by atoms with E-state index in [-0.39, 0.29) is 18.2 Å². The van der Waals surface area contributed by atoms with Crippen LogP contribution in [0.15, 0.2) is 24.3 Å². The summed E-state index contributed by atoms with van der Waals surface area (Å²) in [5.74, 6) is 7.58. The molecule has 4 heteroatoms. The molecule has 1 fully saturated rings. The van der Waals surface area contributed by atoms with E-state index >= 15 is 0 Å². The molecule has 1 aromatic carbocycles. The zero-order valence-corrected chi connectivity index (χ0v) is 13.5. The van der Waals surface area contributed by atoms with Gasteiger partial charge < -0.3 is 9.47 Å². The maximum atomic E-state index is 5.97. The highest BCUT2D eigenvalue weighted by Gasteiger charge is 2.42. The lowest BCUT2D eigenvalue weighted by molar-refractivity contribution is 0.0474. The van der Waals surface area contributed by atoms with Crippen LogP contribution in [0.1, 0.15) is 45.7 Å². The first-order chi connectivity index (χ1) is 10.1. The van der Waals surface area contributed by atoms with Crippen molar-refractivity contribution in [1.82, 2.24) is 5.43 Å². The van der Waals surface area contributed by atoms with Gasteiger partial charge in [-0.05, 0) is 32.3 Å². The largest absolute Gasteiger partial charge is 0.493 e. The summed E-state index contributed by atoms with van der Waals surface area (Å²) in [6.07, 6.45) is 1.42. The first-order valence-corrected chi connectivity index (χ1v) is 7.93. The van der Waals surface area contributed by atoms with E-state index in [0.717, 1.165) is 24.3 Å². The van der Waals surface area contributed by atoms with E-state index in [1.165, 1.54) is 0 Å². The summed E-state index contributed by atoms with van der Waals surface area (Å²) in [5.41, 5.74) is 4.12. The monoisotopic (exact) mass is 292 g/mol. The van der Waals surface area contributed by atoms with Crippen LogP contribution >= 0.6 is 0 Å². The molecule has 21 heavy (non-hydrogen) atoms. The molecule has 0 amide bonds. The Balaban J connectivity index is 2.29. The number of hydrazine groups is 1. The molecule has 5 atom stereocenters. The summed E-state index contributed by atoms with van der Waals surface area (Å²) in [7, 11) is 0. The van der Waals surface area contributed by atoms with Gasteiger partial charge in [0.1, 0.15) is 5.75 Å². The molecule has 0 spiro atoms. The molecule has 118 valence electrons. The molecule has 4 nitrogen and oxygen atoms in total. The number of nitrogens with two attached hydrogens (primary N) is 1. The first kappa shape index (κ1) is 16.3. The molecule has 1 saturated heterocycles. The van der Waals surface area contributed by atoms with E-state index in [1.807, 2.05) is 18.2 Å². The fourth-order valence-electron chi connectivity index (χ4n) is 3.36.